The van der Waals surface area contributed by atoms with Gasteiger partial charge in [-0.05, 0) is 32.1 Å². The van der Waals surface area contributed by atoms with E-state index in [1.807, 2.05) is 6.92 Å². The predicted octanol–water partition coefficient (Wildman–Crippen LogP) is 1.24. The summed E-state index contributed by atoms with van der Waals surface area (Å²) in [5.74, 6) is -0.881. The predicted molar refractivity (Wildman–Crippen MR) is 76.6 cm³/mol. The van der Waals surface area contributed by atoms with Gasteiger partial charge in [0.25, 0.3) is 0 Å². The van der Waals surface area contributed by atoms with E-state index < -0.39 is 5.97 Å². The maximum absolute atomic E-state index is 12.7. The van der Waals surface area contributed by atoms with Gasteiger partial charge in [-0.25, -0.2) is 0 Å². The zero-order chi connectivity index (χ0) is 15.4. The largest absolute Gasteiger partial charge is 0.481 e. The normalized spacial score (nSPS) is 25.4. The molecule has 6 heteroatoms. The Morgan fingerprint density at radius 3 is 2.43 bits per heavy atom. The number of aliphatic carboxylic acids is 1. The fourth-order valence-electron chi connectivity index (χ4n) is 3.41. The topological polar surface area (TPSA) is 77.9 Å². The second-order valence-corrected chi connectivity index (χ2v) is 5.92. The highest BCUT2D eigenvalue weighted by Gasteiger charge is 2.40. The molecule has 0 radical (unpaired) electrons. The summed E-state index contributed by atoms with van der Waals surface area (Å²) in [7, 11) is 0. The van der Waals surface area contributed by atoms with Crippen LogP contribution in [0.1, 0.15) is 51.9 Å². The first kappa shape index (κ1) is 15.8. The van der Waals surface area contributed by atoms with Gasteiger partial charge in [-0.1, -0.05) is 6.92 Å². The summed E-state index contributed by atoms with van der Waals surface area (Å²) in [5, 5.41) is 8.95. The zero-order valence-corrected chi connectivity index (χ0v) is 12.6. The Kier molecular flexibility index (Phi) is 5.20. The molecular formula is C15H24N2O4. The molecule has 2 saturated heterocycles. The van der Waals surface area contributed by atoms with Gasteiger partial charge in [0.05, 0.1) is 6.42 Å². The van der Waals surface area contributed by atoms with Crippen LogP contribution in [0.5, 0.6) is 0 Å². The summed E-state index contributed by atoms with van der Waals surface area (Å²) in [6.45, 7) is 3.21. The molecule has 2 atom stereocenters. The Balaban J connectivity index is 2.04. The van der Waals surface area contributed by atoms with Crippen LogP contribution in [-0.4, -0.2) is 57.9 Å². The summed E-state index contributed by atoms with van der Waals surface area (Å²) < 4.78 is 0. The van der Waals surface area contributed by atoms with Crippen molar-refractivity contribution in [3.8, 4) is 0 Å². The lowest BCUT2D eigenvalue weighted by Gasteiger charge is -2.31. The molecule has 1 N–H and O–H groups in total. The van der Waals surface area contributed by atoms with E-state index in [4.69, 9.17) is 5.11 Å². The van der Waals surface area contributed by atoms with E-state index in [0.29, 0.717) is 25.9 Å². The van der Waals surface area contributed by atoms with Gasteiger partial charge in [-0.2, -0.15) is 0 Å². The van der Waals surface area contributed by atoms with E-state index in [0.717, 1.165) is 25.7 Å². The summed E-state index contributed by atoms with van der Waals surface area (Å²) in [6.07, 6.45) is 4.39. The Bertz CT molecular complexity index is 424. The molecule has 0 bridgehead atoms. The molecular weight excluding hydrogens is 272 g/mol. The van der Waals surface area contributed by atoms with Crippen LogP contribution < -0.4 is 0 Å². The molecule has 0 aromatic heterocycles. The van der Waals surface area contributed by atoms with Crippen molar-refractivity contribution >= 4 is 17.8 Å². The van der Waals surface area contributed by atoms with Crippen molar-refractivity contribution in [3.05, 3.63) is 0 Å². The first-order valence-corrected chi connectivity index (χ1v) is 7.86. The molecule has 2 aliphatic heterocycles. The van der Waals surface area contributed by atoms with Crippen LogP contribution in [0.4, 0.5) is 0 Å². The van der Waals surface area contributed by atoms with E-state index in [9.17, 15) is 14.4 Å². The Morgan fingerprint density at radius 2 is 1.76 bits per heavy atom. The van der Waals surface area contributed by atoms with Crippen molar-refractivity contribution in [2.75, 3.05) is 13.1 Å². The third-order valence-electron chi connectivity index (χ3n) is 4.39. The zero-order valence-electron chi connectivity index (χ0n) is 12.6. The maximum atomic E-state index is 12.7. The summed E-state index contributed by atoms with van der Waals surface area (Å²) in [6, 6.07) is -0.586. The van der Waals surface area contributed by atoms with E-state index in [-0.39, 0.29) is 30.3 Å². The van der Waals surface area contributed by atoms with E-state index in [2.05, 4.69) is 0 Å². The van der Waals surface area contributed by atoms with Crippen LogP contribution in [0.15, 0.2) is 0 Å². The minimum absolute atomic E-state index is 0.00136. The number of carboxylic acids is 1. The highest BCUT2D eigenvalue weighted by Crippen LogP contribution is 2.26. The van der Waals surface area contributed by atoms with Crippen molar-refractivity contribution in [1.29, 1.82) is 0 Å². The number of hydrogen-bond donors (Lipinski definition) is 1. The minimum Gasteiger partial charge on any atom is -0.481 e. The molecule has 2 unspecified atom stereocenters. The van der Waals surface area contributed by atoms with Crippen molar-refractivity contribution in [3.63, 3.8) is 0 Å². The second-order valence-electron chi connectivity index (χ2n) is 5.92. The fraction of sp³-hybridized carbons (Fsp3) is 0.800. The van der Waals surface area contributed by atoms with E-state index in [1.165, 1.54) is 0 Å². The van der Waals surface area contributed by atoms with E-state index >= 15 is 0 Å². The highest BCUT2D eigenvalue weighted by atomic mass is 16.4. The Hall–Kier alpha value is -1.59. The molecule has 0 spiro atoms. The molecule has 2 amide bonds. The van der Waals surface area contributed by atoms with Gasteiger partial charge in [0.15, 0.2) is 0 Å². The second kappa shape index (κ2) is 6.91. The van der Waals surface area contributed by atoms with Crippen LogP contribution >= 0.6 is 0 Å². The van der Waals surface area contributed by atoms with Crippen LogP contribution in [0.2, 0.25) is 0 Å². The van der Waals surface area contributed by atoms with Gasteiger partial charge in [0.2, 0.25) is 11.8 Å². The van der Waals surface area contributed by atoms with Gasteiger partial charge in [0, 0.05) is 25.6 Å². The molecule has 0 saturated carbocycles. The first-order chi connectivity index (χ1) is 10.0. The molecule has 118 valence electrons. The van der Waals surface area contributed by atoms with Gasteiger partial charge in [0.1, 0.15) is 6.04 Å². The van der Waals surface area contributed by atoms with Crippen molar-refractivity contribution < 1.29 is 19.5 Å². The average Bonchev–Trinajstić information content (AvgIpc) is 3.06. The molecule has 2 aliphatic rings. The molecule has 0 aliphatic carbocycles. The number of carbonyl (C=O) groups is 3. The van der Waals surface area contributed by atoms with Gasteiger partial charge < -0.3 is 14.9 Å². The summed E-state index contributed by atoms with van der Waals surface area (Å²) in [4.78, 5) is 39.1. The number of carboxylic acid groups (broad SMARTS) is 1. The maximum Gasteiger partial charge on any atom is 0.305 e. The Morgan fingerprint density at radius 1 is 1.10 bits per heavy atom. The SMILES string of the molecule is CCCC(=O)N1CCCC1C(=O)N1CCCC1CC(=O)O. The number of amides is 2. The van der Waals surface area contributed by atoms with Crippen molar-refractivity contribution in [2.24, 2.45) is 0 Å². The lowest BCUT2D eigenvalue weighted by molar-refractivity contribution is -0.146. The Labute approximate surface area is 125 Å². The smallest absolute Gasteiger partial charge is 0.305 e. The summed E-state index contributed by atoms with van der Waals surface area (Å²) in [5.41, 5.74) is 0. The van der Waals surface area contributed by atoms with Gasteiger partial charge in [-0.3, -0.25) is 14.4 Å². The fourth-order valence-corrected chi connectivity index (χ4v) is 3.41. The quantitative estimate of drug-likeness (QED) is 0.828. The van der Waals surface area contributed by atoms with Gasteiger partial charge in [-0.15, -0.1) is 0 Å². The monoisotopic (exact) mass is 296 g/mol. The third-order valence-corrected chi connectivity index (χ3v) is 4.39. The number of likely N-dealkylation sites (tertiary alicyclic amines) is 2. The average molecular weight is 296 g/mol. The minimum atomic E-state index is -0.870. The van der Waals surface area contributed by atoms with Crippen LogP contribution in [0.3, 0.4) is 0 Å². The number of carbonyl (C=O) groups excluding carboxylic acids is 2. The summed E-state index contributed by atoms with van der Waals surface area (Å²) >= 11 is 0. The third kappa shape index (κ3) is 3.54. The van der Waals surface area contributed by atoms with Crippen LogP contribution in [0, 0.1) is 0 Å². The van der Waals surface area contributed by atoms with Gasteiger partial charge >= 0.3 is 5.97 Å². The standard InChI is InChI=1S/C15H24N2O4/c1-2-5-13(18)17-9-4-7-12(17)15(21)16-8-3-6-11(16)10-14(19)20/h11-12H,2-10H2,1H3,(H,19,20). The molecule has 2 rings (SSSR count). The number of nitrogens with zero attached hydrogens (tertiary/aromatic N) is 2. The highest BCUT2D eigenvalue weighted by molar-refractivity contribution is 5.89. The lowest BCUT2D eigenvalue weighted by atomic mass is 10.1. The van der Waals surface area contributed by atoms with Crippen molar-refractivity contribution in [1.82, 2.24) is 9.80 Å². The van der Waals surface area contributed by atoms with Crippen LogP contribution in [-0.2, 0) is 14.4 Å². The molecule has 2 fully saturated rings. The van der Waals surface area contributed by atoms with Crippen molar-refractivity contribution in [2.45, 2.75) is 64.0 Å². The lowest BCUT2D eigenvalue weighted by Crippen LogP contribution is -2.49. The molecule has 21 heavy (non-hydrogen) atoms. The van der Waals surface area contributed by atoms with Crippen LogP contribution in [0.25, 0.3) is 0 Å². The molecule has 2 heterocycles. The molecule has 0 aromatic carbocycles. The first-order valence-electron chi connectivity index (χ1n) is 7.86. The number of hydrogen-bond acceptors (Lipinski definition) is 3. The molecule has 6 nitrogen and oxygen atoms in total. The molecule has 0 aromatic rings. The number of rotatable bonds is 5. The van der Waals surface area contributed by atoms with E-state index in [1.54, 1.807) is 9.80 Å².